The van der Waals surface area contributed by atoms with E-state index in [9.17, 15) is 14.4 Å². The van der Waals surface area contributed by atoms with Gasteiger partial charge in [-0.15, -0.1) is 0 Å². The Labute approximate surface area is 196 Å². The molecule has 2 heterocycles. The molecule has 0 bridgehead atoms. The summed E-state index contributed by atoms with van der Waals surface area (Å²) in [7, 11) is 0. The Morgan fingerprint density at radius 3 is 2.58 bits per heavy atom. The van der Waals surface area contributed by atoms with Crippen LogP contribution in [0.1, 0.15) is 45.6 Å². The molecule has 8 heteroatoms. The highest BCUT2D eigenvalue weighted by Gasteiger charge is 2.49. The maximum absolute atomic E-state index is 13.6. The number of benzene rings is 1. The molecule has 2 saturated heterocycles. The first-order chi connectivity index (χ1) is 16.0. The van der Waals surface area contributed by atoms with E-state index >= 15 is 0 Å². The van der Waals surface area contributed by atoms with Gasteiger partial charge in [0, 0.05) is 12.6 Å². The summed E-state index contributed by atoms with van der Waals surface area (Å²) in [6.07, 6.45) is 2.74. The molecule has 1 aromatic rings. The van der Waals surface area contributed by atoms with Crippen molar-refractivity contribution in [3.05, 3.63) is 35.9 Å². The van der Waals surface area contributed by atoms with E-state index in [-0.39, 0.29) is 43.0 Å². The van der Waals surface area contributed by atoms with Gasteiger partial charge < -0.3 is 19.7 Å². The molecular formula is C25H37N3O5. The molecule has 0 radical (unpaired) electrons. The smallest absolute Gasteiger partial charge is 0.328 e. The van der Waals surface area contributed by atoms with Gasteiger partial charge in [-0.25, -0.2) is 4.79 Å². The zero-order chi connectivity index (χ0) is 23.8. The molecule has 0 saturated carbocycles. The van der Waals surface area contributed by atoms with E-state index in [0.29, 0.717) is 25.8 Å². The number of fused-ring (bicyclic) bond motifs is 1. The molecule has 2 fully saturated rings. The molecule has 2 aliphatic rings. The standard InChI is InChI=1S/C25H37N3O5/c1-4-32-24(30)20(12-11-18-9-7-6-8-10-18)27-17(3)23(29)28-21(25(31)33-5-2)15-19-13-14-26-16-22(19)28/h6-10,17,19-22,26-27H,4-5,11-16H2,1-3H3/t17-,19+,20+,21+,22-/m0/s1. The molecule has 182 valence electrons. The molecule has 5 atom stereocenters. The number of piperidine rings is 1. The number of rotatable bonds is 10. The molecule has 2 aliphatic heterocycles. The Morgan fingerprint density at radius 2 is 1.88 bits per heavy atom. The summed E-state index contributed by atoms with van der Waals surface area (Å²) in [5, 5.41) is 6.54. The number of hydrogen-bond acceptors (Lipinski definition) is 7. The molecule has 0 aromatic heterocycles. The predicted molar refractivity (Wildman–Crippen MR) is 124 cm³/mol. The van der Waals surface area contributed by atoms with Crippen molar-refractivity contribution in [1.29, 1.82) is 0 Å². The molecular weight excluding hydrogens is 422 g/mol. The van der Waals surface area contributed by atoms with Gasteiger partial charge in [0.05, 0.1) is 19.3 Å². The number of carbonyl (C=O) groups excluding carboxylic acids is 3. The van der Waals surface area contributed by atoms with Gasteiger partial charge in [0.2, 0.25) is 5.91 Å². The van der Waals surface area contributed by atoms with Crippen molar-refractivity contribution in [2.24, 2.45) is 5.92 Å². The number of amides is 1. The van der Waals surface area contributed by atoms with Crippen LogP contribution in [0.25, 0.3) is 0 Å². The zero-order valence-corrected chi connectivity index (χ0v) is 19.9. The summed E-state index contributed by atoms with van der Waals surface area (Å²) in [6, 6.07) is 8.02. The van der Waals surface area contributed by atoms with E-state index in [1.165, 1.54) is 0 Å². The topological polar surface area (TPSA) is 97.0 Å². The predicted octanol–water partition coefficient (Wildman–Crippen LogP) is 1.67. The van der Waals surface area contributed by atoms with E-state index in [1.807, 2.05) is 30.3 Å². The van der Waals surface area contributed by atoms with Gasteiger partial charge in [-0.05, 0) is 64.5 Å². The monoisotopic (exact) mass is 459 g/mol. The quantitative estimate of drug-likeness (QED) is 0.514. The first-order valence-corrected chi connectivity index (χ1v) is 12.1. The highest BCUT2D eigenvalue weighted by molar-refractivity contribution is 5.89. The number of hydrogen-bond donors (Lipinski definition) is 2. The third-order valence-electron chi connectivity index (χ3n) is 6.58. The van der Waals surface area contributed by atoms with E-state index in [1.54, 1.807) is 25.7 Å². The van der Waals surface area contributed by atoms with Crippen LogP contribution < -0.4 is 10.6 Å². The lowest BCUT2D eigenvalue weighted by atomic mass is 9.92. The van der Waals surface area contributed by atoms with Crippen molar-refractivity contribution < 1.29 is 23.9 Å². The highest BCUT2D eigenvalue weighted by Crippen LogP contribution is 2.35. The average Bonchev–Trinajstić information content (AvgIpc) is 3.21. The lowest BCUT2D eigenvalue weighted by molar-refractivity contribution is -0.155. The van der Waals surface area contributed by atoms with Gasteiger partial charge in [0.25, 0.3) is 0 Å². The molecule has 33 heavy (non-hydrogen) atoms. The first-order valence-electron chi connectivity index (χ1n) is 12.1. The van der Waals surface area contributed by atoms with Crippen molar-refractivity contribution in [3.63, 3.8) is 0 Å². The Hall–Kier alpha value is -2.45. The first kappa shape index (κ1) is 25.2. The Balaban J connectivity index is 1.72. The molecule has 1 amide bonds. The van der Waals surface area contributed by atoms with Crippen LogP contribution in [0.2, 0.25) is 0 Å². The molecule has 1 aromatic carbocycles. The van der Waals surface area contributed by atoms with E-state index < -0.39 is 18.1 Å². The maximum Gasteiger partial charge on any atom is 0.328 e. The molecule has 2 N–H and O–H groups in total. The van der Waals surface area contributed by atoms with Gasteiger partial charge in [-0.2, -0.15) is 0 Å². The van der Waals surface area contributed by atoms with Gasteiger partial charge in [-0.1, -0.05) is 30.3 Å². The molecule has 0 unspecified atom stereocenters. The number of carbonyl (C=O) groups is 3. The number of likely N-dealkylation sites (tertiary alicyclic amines) is 1. The highest BCUT2D eigenvalue weighted by atomic mass is 16.5. The summed E-state index contributed by atoms with van der Waals surface area (Å²) in [6.45, 7) is 7.40. The number of aryl methyl sites for hydroxylation is 1. The lowest BCUT2D eigenvalue weighted by Crippen LogP contribution is -2.58. The summed E-state index contributed by atoms with van der Waals surface area (Å²) >= 11 is 0. The minimum Gasteiger partial charge on any atom is -0.465 e. The molecule has 0 spiro atoms. The van der Waals surface area contributed by atoms with Crippen LogP contribution >= 0.6 is 0 Å². The van der Waals surface area contributed by atoms with Crippen LogP contribution in [0, 0.1) is 5.92 Å². The Kier molecular flexibility index (Phi) is 9.26. The summed E-state index contributed by atoms with van der Waals surface area (Å²) < 4.78 is 10.5. The van der Waals surface area contributed by atoms with Gasteiger partial charge in [0.1, 0.15) is 12.1 Å². The van der Waals surface area contributed by atoms with Crippen molar-refractivity contribution in [3.8, 4) is 0 Å². The van der Waals surface area contributed by atoms with Gasteiger partial charge >= 0.3 is 11.9 Å². The van der Waals surface area contributed by atoms with E-state index in [2.05, 4.69) is 10.6 Å². The summed E-state index contributed by atoms with van der Waals surface area (Å²) in [4.78, 5) is 40.6. The second-order valence-electron chi connectivity index (χ2n) is 8.79. The fourth-order valence-corrected chi connectivity index (χ4v) is 4.96. The van der Waals surface area contributed by atoms with Crippen LogP contribution in [0.15, 0.2) is 30.3 Å². The van der Waals surface area contributed by atoms with Crippen LogP contribution in [-0.4, -0.2) is 73.2 Å². The molecule has 0 aliphatic carbocycles. The minimum atomic E-state index is -0.646. The van der Waals surface area contributed by atoms with E-state index in [0.717, 1.165) is 18.5 Å². The van der Waals surface area contributed by atoms with Crippen molar-refractivity contribution >= 4 is 17.8 Å². The maximum atomic E-state index is 13.6. The van der Waals surface area contributed by atoms with Crippen molar-refractivity contribution in [1.82, 2.24) is 15.5 Å². The lowest BCUT2D eigenvalue weighted by Gasteiger charge is -2.36. The third kappa shape index (κ3) is 6.32. The summed E-state index contributed by atoms with van der Waals surface area (Å²) in [5.41, 5.74) is 1.12. The second kappa shape index (κ2) is 12.1. The van der Waals surface area contributed by atoms with Crippen LogP contribution in [0.4, 0.5) is 0 Å². The Bertz CT molecular complexity index is 802. The van der Waals surface area contributed by atoms with Crippen LogP contribution in [-0.2, 0) is 30.3 Å². The minimum absolute atomic E-state index is 0.0460. The third-order valence-corrected chi connectivity index (χ3v) is 6.58. The fourth-order valence-electron chi connectivity index (χ4n) is 4.96. The van der Waals surface area contributed by atoms with Gasteiger partial charge in [0.15, 0.2) is 0 Å². The zero-order valence-electron chi connectivity index (χ0n) is 19.9. The van der Waals surface area contributed by atoms with E-state index in [4.69, 9.17) is 9.47 Å². The number of ether oxygens (including phenoxy) is 2. The average molecular weight is 460 g/mol. The molecule has 8 nitrogen and oxygen atoms in total. The van der Waals surface area contributed by atoms with Crippen LogP contribution in [0.3, 0.4) is 0 Å². The van der Waals surface area contributed by atoms with Crippen LogP contribution in [0.5, 0.6) is 0 Å². The van der Waals surface area contributed by atoms with Crippen molar-refractivity contribution in [2.75, 3.05) is 26.3 Å². The second-order valence-corrected chi connectivity index (χ2v) is 8.79. The fraction of sp³-hybridized carbons (Fsp3) is 0.640. The SMILES string of the molecule is CCOC(=O)[C@H]1C[C@H]2CCNC[C@@H]2N1C(=O)[C@H](C)N[C@H](CCc1ccccc1)C(=O)OCC. The normalized spacial score (nSPS) is 24.0. The Morgan fingerprint density at radius 1 is 1.15 bits per heavy atom. The largest absolute Gasteiger partial charge is 0.465 e. The number of nitrogens with one attached hydrogen (secondary N) is 2. The molecule has 3 rings (SSSR count). The summed E-state index contributed by atoms with van der Waals surface area (Å²) in [5.74, 6) is -0.624. The number of esters is 2. The van der Waals surface area contributed by atoms with Crippen molar-refractivity contribution in [2.45, 2.75) is 70.6 Å². The number of nitrogens with zero attached hydrogens (tertiary/aromatic N) is 1. The van der Waals surface area contributed by atoms with Gasteiger partial charge in [-0.3, -0.25) is 14.9 Å².